The van der Waals surface area contributed by atoms with Crippen LogP contribution in [-0.2, 0) is 4.74 Å². The molecule has 8 nitrogen and oxygen atoms in total. The molecule has 0 saturated carbocycles. The molecule has 3 atom stereocenters. The summed E-state index contributed by atoms with van der Waals surface area (Å²) >= 11 is 0. The molecule has 9 heteroatoms. The van der Waals surface area contributed by atoms with Crippen LogP contribution in [-0.4, -0.2) is 44.5 Å². The van der Waals surface area contributed by atoms with Crippen LogP contribution in [0.25, 0.3) is 0 Å². The van der Waals surface area contributed by atoms with Crippen molar-refractivity contribution in [3.05, 3.63) is 53.8 Å². The molecule has 36 heavy (non-hydrogen) atoms. The minimum Gasteiger partial charge on any atom is -0.452 e. The van der Waals surface area contributed by atoms with Crippen LogP contribution >= 0.6 is 0 Å². The van der Waals surface area contributed by atoms with Crippen molar-refractivity contribution in [3.63, 3.8) is 0 Å². The van der Waals surface area contributed by atoms with Crippen LogP contribution in [0.5, 0.6) is 5.75 Å². The van der Waals surface area contributed by atoms with E-state index in [2.05, 4.69) is 25.2 Å². The van der Waals surface area contributed by atoms with Gasteiger partial charge >= 0.3 is 12.2 Å². The fourth-order valence-corrected chi connectivity index (χ4v) is 4.33. The van der Waals surface area contributed by atoms with Crippen molar-refractivity contribution >= 4 is 23.6 Å². The van der Waals surface area contributed by atoms with Gasteiger partial charge in [0.2, 0.25) is 0 Å². The second-order valence-electron chi connectivity index (χ2n) is 8.98. The third-order valence-corrected chi connectivity index (χ3v) is 6.41. The summed E-state index contributed by atoms with van der Waals surface area (Å²) in [6.45, 7) is 6.88. The van der Waals surface area contributed by atoms with E-state index >= 15 is 0 Å². The minimum absolute atomic E-state index is 0.153. The molecule has 3 rings (SSSR count). The van der Waals surface area contributed by atoms with Gasteiger partial charge in [-0.1, -0.05) is 13.0 Å². The number of nitrogens with zero attached hydrogens (tertiary/aromatic N) is 3. The molecule has 0 radical (unpaired) electrons. The maximum absolute atomic E-state index is 13.3. The van der Waals surface area contributed by atoms with E-state index in [4.69, 9.17) is 14.7 Å². The standard InChI is InChI=1S/C27H33FN4O4/c1-5-20(16-30-18(2)7-6-14-29)21-8-13-24-25(15-21)31(17-19(3)32(24)27(34)35-4)26(33)36-23-11-9-22(28)10-12-23/h8-13,15,18-20,30H,5-7,16-17H2,1-4H3. The van der Waals surface area contributed by atoms with Gasteiger partial charge in [-0.15, -0.1) is 0 Å². The van der Waals surface area contributed by atoms with Crippen LogP contribution in [0, 0.1) is 17.1 Å². The van der Waals surface area contributed by atoms with Gasteiger partial charge in [-0.25, -0.2) is 14.0 Å². The van der Waals surface area contributed by atoms with Gasteiger partial charge in [0, 0.05) is 19.0 Å². The zero-order valence-electron chi connectivity index (χ0n) is 21.2. The fraction of sp³-hybridized carbons (Fsp3) is 0.444. The van der Waals surface area contributed by atoms with Crippen LogP contribution in [0.1, 0.15) is 51.5 Å². The number of carbonyl (C=O) groups is 2. The Hall–Kier alpha value is -3.64. The van der Waals surface area contributed by atoms with E-state index in [9.17, 15) is 14.0 Å². The van der Waals surface area contributed by atoms with E-state index < -0.39 is 18.0 Å². The lowest BCUT2D eigenvalue weighted by molar-refractivity contribution is 0.175. The molecular weight excluding hydrogens is 463 g/mol. The number of anilines is 2. The highest BCUT2D eigenvalue weighted by Crippen LogP contribution is 2.39. The number of fused-ring (bicyclic) bond motifs is 1. The highest BCUT2D eigenvalue weighted by molar-refractivity contribution is 6.01. The maximum Gasteiger partial charge on any atom is 0.419 e. The SMILES string of the molecule is CCC(CNC(C)CCC#N)c1ccc2c(c1)N(C(=O)Oc1ccc(F)cc1)CC(C)N2C(=O)OC. The van der Waals surface area contributed by atoms with Gasteiger partial charge in [-0.3, -0.25) is 9.80 Å². The average Bonchev–Trinajstić information content (AvgIpc) is 2.88. The molecule has 2 aromatic rings. The molecule has 1 N–H and O–H groups in total. The van der Waals surface area contributed by atoms with Crippen molar-refractivity contribution < 1.29 is 23.5 Å². The maximum atomic E-state index is 13.3. The highest BCUT2D eigenvalue weighted by atomic mass is 19.1. The lowest BCUT2D eigenvalue weighted by Crippen LogP contribution is -2.52. The van der Waals surface area contributed by atoms with Gasteiger partial charge in [0.1, 0.15) is 11.6 Å². The van der Waals surface area contributed by atoms with E-state index in [0.717, 1.165) is 18.4 Å². The number of hydrogen-bond donors (Lipinski definition) is 1. The lowest BCUT2D eigenvalue weighted by Gasteiger charge is -2.40. The summed E-state index contributed by atoms with van der Waals surface area (Å²) in [5, 5.41) is 12.3. The summed E-state index contributed by atoms with van der Waals surface area (Å²) in [7, 11) is 1.32. The third kappa shape index (κ3) is 6.32. The molecule has 3 unspecified atom stereocenters. The molecule has 192 valence electrons. The number of amides is 2. The summed E-state index contributed by atoms with van der Waals surface area (Å²) in [6, 6.07) is 13.0. The number of ether oxygens (including phenoxy) is 2. The number of halogens is 1. The zero-order chi connectivity index (χ0) is 26.2. The van der Waals surface area contributed by atoms with Crippen LogP contribution in [0.3, 0.4) is 0 Å². The zero-order valence-corrected chi connectivity index (χ0v) is 21.2. The van der Waals surface area contributed by atoms with Gasteiger partial charge in [0.25, 0.3) is 0 Å². The van der Waals surface area contributed by atoms with Crippen LogP contribution in [0.15, 0.2) is 42.5 Å². The number of nitriles is 1. The van der Waals surface area contributed by atoms with Gasteiger partial charge < -0.3 is 14.8 Å². The monoisotopic (exact) mass is 496 g/mol. The first-order valence-corrected chi connectivity index (χ1v) is 12.1. The topological polar surface area (TPSA) is 94.9 Å². The second kappa shape index (κ2) is 12.4. The van der Waals surface area contributed by atoms with Crippen molar-refractivity contribution in [3.8, 4) is 11.8 Å². The third-order valence-electron chi connectivity index (χ3n) is 6.41. The number of benzene rings is 2. The molecule has 2 aromatic carbocycles. The highest BCUT2D eigenvalue weighted by Gasteiger charge is 2.37. The Balaban J connectivity index is 1.92. The number of hydrogen-bond acceptors (Lipinski definition) is 6. The second-order valence-corrected chi connectivity index (χ2v) is 8.98. The largest absolute Gasteiger partial charge is 0.452 e. The van der Waals surface area contributed by atoms with Crippen molar-refractivity contribution in [1.82, 2.24) is 5.32 Å². The van der Waals surface area contributed by atoms with Gasteiger partial charge in [0.15, 0.2) is 0 Å². The molecule has 1 aliphatic rings. The van der Waals surface area contributed by atoms with E-state index in [1.165, 1.54) is 41.2 Å². The molecule has 2 amide bonds. The number of carbonyl (C=O) groups excluding carboxylic acids is 2. The summed E-state index contributed by atoms with van der Waals surface area (Å²) in [6.07, 6.45) is 0.993. The van der Waals surface area contributed by atoms with Gasteiger partial charge in [-0.2, -0.15) is 5.26 Å². The Labute approximate surface area is 211 Å². The molecule has 0 spiro atoms. The molecule has 0 fully saturated rings. The number of nitrogens with one attached hydrogen (secondary N) is 1. The van der Waals surface area contributed by atoms with E-state index in [-0.39, 0.29) is 30.3 Å². The predicted octanol–water partition coefficient (Wildman–Crippen LogP) is 5.58. The average molecular weight is 497 g/mol. The minimum atomic E-state index is -0.618. The lowest BCUT2D eigenvalue weighted by atomic mass is 9.93. The molecular formula is C27H33FN4O4. The summed E-state index contributed by atoms with van der Waals surface area (Å²) in [5.74, 6) is -0.0452. The van der Waals surface area contributed by atoms with Crippen molar-refractivity contribution in [2.75, 3.05) is 30.0 Å². The Morgan fingerprint density at radius 2 is 1.92 bits per heavy atom. The molecule has 0 bridgehead atoms. The van der Waals surface area contributed by atoms with Crippen molar-refractivity contribution in [1.29, 1.82) is 5.26 Å². The van der Waals surface area contributed by atoms with Crippen LogP contribution in [0.2, 0.25) is 0 Å². The Bertz CT molecular complexity index is 1100. The van der Waals surface area contributed by atoms with Crippen molar-refractivity contribution in [2.45, 2.75) is 58.0 Å². The smallest absolute Gasteiger partial charge is 0.419 e. The molecule has 0 aliphatic carbocycles. The Kier molecular flexibility index (Phi) is 9.25. The first-order chi connectivity index (χ1) is 17.3. The van der Waals surface area contributed by atoms with Gasteiger partial charge in [-0.05, 0) is 74.6 Å². The quantitative estimate of drug-likeness (QED) is 0.513. The van der Waals surface area contributed by atoms with Gasteiger partial charge in [0.05, 0.1) is 37.1 Å². The Morgan fingerprint density at radius 1 is 1.19 bits per heavy atom. The van der Waals surface area contributed by atoms with E-state index in [1.807, 2.05) is 25.1 Å². The molecule has 1 heterocycles. The predicted molar refractivity (Wildman–Crippen MR) is 136 cm³/mol. The van der Waals surface area contributed by atoms with E-state index in [1.54, 1.807) is 0 Å². The molecule has 1 aliphatic heterocycles. The van der Waals surface area contributed by atoms with Crippen LogP contribution in [0.4, 0.5) is 25.4 Å². The van der Waals surface area contributed by atoms with E-state index in [0.29, 0.717) is 24.3 Å². The van der Waals surface area contributed by atoms with Crippen LogP contribution < -0.4 is 19.9 Å². The first kappa shape index (κ1) is 27.0. The summed E-state index contributed by atoms with van der Waals surface area (Å²) < 4.78 is 23.8. The normalized spacial score (nSPS) is 16.5. The van der Waals surface area contributed by atoms with Crippen molar-refractivity contribution in [2.24, 2.45) is 0 Å². The fourth-order valence-electron chi connectivity index (χ4n) is 4.33. The Morgan fingerprint density at radius 3 is 2.56 bits per heavy atom. The number of rotatable bonds is 8. The number of methoxy groups -OCH3 is 1. The molecule has 0 aromatic heterocycles. The summed E-state index contributed by atoms with van der Waals surface area (Å²) in [5.41, 5.74) is 2.10. The molecule has 0 saturated heterocycles. The summed E-state index contributed by atoms with van der Waals surface area (Å²) in [4.78, 5) is 28.8. The first-order valence-electron chi connectivity index (χ1n) is 12.1.